The third-order valence-corrected chi connectivity index (χ3v) is 3.86. The summed E-state index contributed by atoms with van der Waals surface area (Å²) in [5, 5.41) is 4.42. The standard InChI is InChI=1S/C15H18BrClN2O/c1-4-19-14(6-11(3)18-19)9-20-15-10(2)5-13(16)7-12(15)8-17/h5-7H,4,8-9H2,1-3H3. The number of alkyl halides is 1. The summed E-state index contributed by atoms with van der Waals surface area (Å²) in [6, 6.07) is 6.09. The second-order valence-electron chi connectivity index (χ2n) is 4.73. The number of nitrogens with zero attached hydrogens (tertiary/aromatic N) is 2. The Kier molecular flexibility index (Phi) is 5.11. The molecule has 0 saturated carbocycles. The molecule has 2 rings (SSSR count). The van der Waals surface area contributed by atoms with E-state index >= 15 is 0 Å². The molecule has 108 valence electrons. The van der Waals surface area contributed by atoms with Crippen molar-refractivity contribution in [1.82, 2.24) is 9.78 Å². The highest BCUT2D eigenvalue weighted by atomic mass is 79.9. The molecule has 0 aliphatic rings. The predicted molar refractivity (Wildman–Crippen MR) is 85.4 cm³/mol. The number of aryl methyl sites for hydroxylation is 3. The number of aromatic nitrogens is 2. The highest BCUT2D eigenvalue weighted by Gasteiger charge is 2.11. The zero-order valence-corrected chi connectivity index (χ0v) is 14.3. The first-order chi connectivity index (χ1) is 9.55. The number of hydrogen-bond donors (Lipinski definition) is 0. The summed E-state index contributed by atoms with van der Waals surface area (Å²) >= 11 is 9.48. The lowest BCUT2D eigenvalue weighted by atomic mass is 10.1. The molecule has 2 aromatic rings. The van der Waals surface area contributed by atoms with Gasteiger partial charge >= 0.3 is 0 Å². The van der Waals surface area contributed by atoms with Crippen molar-refractivity contribution in [2.24, 2.45) is 0 Å². The maximum atomic E-state index is 6.00. The first-order valence-corrected chi connectivity index (χ1v) is 7.89. The minimum atomic E-state index is 0.432. The van der Waals surface area contributed by atoms with Gasteiger partial charge in [-0.1, -0.05) is 15.9 Å². The second-order valence-corrected chi connectivity index (χ2v) is 5.91. The molecule has 5 heteroatoms. The molecule has 0 aliphatic carbocycles. The maximum absolute atomic E-state index is 6.00. The largest absolute Gasteiger partial charge is 0.487 e. The summed E-state index contributed by atoms with van der Waals surface area (Å²) in [5.41, 5.74) is 4.16. The molecule has 1 aromatic heterocycles. The zero-order valence-electron chi connectivity index (χ0n) is 11.9. The summed E-state index contributed by atoms with van der Waals surface area (Å²) in [7, 11) is 0. The third kappa shape index (κ3) is 3.36. The van der Waals surface area contributed by atoms with E-state index in [1.807, 2.05) is 30.7 Å². The molecule has 20 heavy (non-hydrogen) atoms. The third-order valence-electron chi connectivity index (χ3n) is 3.11. The van der Waals surface area contributed by atoms with Crippen LogP contribution in [0.15, 0.2) is 22.7 Å². The molecular weight excluding hydrogens is 340 g/mol. The van der Waals surface area contributed by atoms with Gasteiger partial charge in [-0.05, 0) is 44.5 Å². The van der Waals surface area contributed by atoms with E-state index < -0.39 is 0 Å². The smallest absolute Gasteiger partial charge is 0.130 e. The average Bonchev–Trinajstić information content (AvgIpc) is 2.77. The van der Waals surface area contributed by atoms with Crippen molar-refractivity contribution in [2.45, 2.75) is 39.8 Å². The molecule has 0 saturated heterocycles. The SMILES string of the molecule is CCn1nc(C)cc1COc1c(C)cc(Br)cc1CCl. The maximum Gasteiger partial charge on any atom is 0.130 e. The van der Waals surface area contributed by atoms with Crippen LogP contribution in [0.1, 0.15) is 29.4 Å². The van der Waals surface area contributed by atoms with Crippen molar-refractivity contribution in [3.05, 3.63) is 45.2 Å². The van der Waals surface area contributed by atoms with Gasteiger partial charge in [-0.25, -0.2) is 0 Å². The predicted octanol–water partition coefficient (Wildman–Crippen LogP) is 4.60. The molecular formula is C15H18BrClN2O. The summed E-state index contributed by atoms with van der Waals surface area (Å²) < 4.78 is 8.97. The summed E-state index contributed by atoms with van der Waals surface area (Å²) in [4.78, 5) is 0. The lowest BCUT2D eigenvalue weighted by molar-refractivity contribution is 0.288. The van der Waals surface area contributed by atoms with Crippen LogP contribution in [-0.2, 0) is 19.0 Å². The van der Waals surface area contributed by atoms with E-state index in [2.05, 4.69) is 34.0 Å². The Labute approximate surface area is 133 Å². The van der Waals surface area contributed by atoms with Gasteiger partial charge in [0.2, 0.25) is 0 Å². The van der Waals surface area contributed by atoms with Crippen LogP contribution in [-0.4, -0.2) is 9.78 Å². The van der Waals surface area contributed by atoms with Crippen LogP contribution in [0, 0.1) is 13.8 Å². The monoisotopic (exact) mass is 356 g/mol. The van der Waals surface area contributed by atoms with Gasteiger partial charge in [0.15, 0.2) is 0 Å². The fourth-order valence-corrected chi connectivity index (χ4v) is 3.06. The van der Waals surface area contributed by atoms with Crippen LogP contribution >= 0.6 is 27.5 Å². The van der Waals surface area contributed by atoms with Crippen LogP contribution < -0.4 is 4.74 Å². The molecule has 0 N–H and O–H groups in total. The molecule has 3 nitrogen and oxygen atoms in total. The van der Waals surface area contributed by atoms with Gasteiger partial charge in [0.1, 0.15) is 12.4 Å². The molecule has 0 amide bonds. The summed E-state index contributed by atoms with van der Waals surface area (Å²) in [6.07, 6.45) is 0. The Bertz CT molecular complexity index is 610. The van der Waals surface area contributed by atoms with Crippen LogP contribution in [0.4, 0.5) is 0 Å². The Hall–Kier alpha value is -1.000. The average molecular weight is 358 g/mol. The lowest BCUT2D eigenvalue weighted by Gasteiger charge is -2.14. The topological polar surface area (TPSA) is 27.1 Å². The van der Waals surface area contributed by atoms with E-state index in [4.69, 9.17) is 16.3 Å². The van der Waals surface area contributed by atoms with Crippen molar-refractivity contribution in [3.8, 4) is 5.75 Å². The van der Waals surface area contributed by atoms with E-state index in [0.29, 0.717) is 12.5 Å². The van der Waals surface area contributed by atoms with Gasteiger partial charge < -0.3 is 4.74 Å². The summed E-state index contributed by atoms with van der Waals surface area (Å²) in [5.74, 6) is 1.30. The zero-order chi connectivity index (χ0) is 14.7. The van der Waals surface area contributed by atoms with Gasteiger partial charge in [0.05, 0.1) is 17.3 Å². The molecule has 0 spiro atoms. The van der Waals surface area contributed by atoms with Crippen LogP contribution in [0.3, 0.4) is 0 Å². The Morgan fingerprint density at radius 1 is 1.30 bits per heavy atom. The first-order valence-electron chi connectivity index (χ1n) is 6.56. The molecule has 1 heterocycles. The highest BCUT2D eigenvalue weighted by Crippen LogP contribution is 2.30. The molecule has 0 bridgehead atoms. The first kappa shape index (κ1) is 15.4. The number of hydrogen-bond acceptors (Lipinski definition) is 2. The fourth-order valence-electron chi connectivity index (χ4n) is 2.24. The number of rotatable bonds is 5. The van der Waals surface area contributed by atoms with E-state index in [1.165, 1.54) is 0 Å². The Morgan fingerprint density at radius 3 is 2.70 bits per heavy atom. The normalized spacial score (nSPS) is 10.8. The van der Waals surface area contributed by atoms with E-state index in [1.54, 1.807) is 0 Å². The van der Waals surface area contributed by atoms with Crippen LogP contribution in [0.25, 0.3) is 0 Å². The van der Waals surface area contributed by atoms with Crippen LogP contribution in [0.5, 0.6) is 5.75 Å². The van der Waals surface area contributed by atoms with Gasteiger partial charge in [0.25, 0.3) is 0 Å². The van der Waals surface area contributed by atoms with E-state index in [-0.39, 0.29) is 0 Å². The van der Waals surface area contributed by atoms with Gasteiger partial charge in [-0.3, -0.25) is 4.68 Å². The number of ether oxygens (including phenoxy) is 1. The lowest BCUT2D eigenvalue weighted by Crippen LogP contribution is -2.07. The minimum Gasteiger partial charge on any atom is -0.487 e. The van der Waals surface area contributed by atoms with Crippen LogP contribution in [0.2, 0.25) is 0 Å². The quantitative estimate of drug-likeness (QED) is 0.731. The van der Waals surface area contributed by atoms with Crippen molar-refractivity contribution >= 4 is 27.5 Å². The Morgan fingerprint density at radius 2 is 2.05 bits per heavy atom. The molecule has 0 fully saturated rings. The van der Waals surface area contributed by atoms with Gasteiger partial charge in [-0.2, -0.15) is 5.10 Å². The molecule has 0 aliphatic heterocycles. The van der Waals surface area contributed by atoms with Gasteiger partial charge in [0, 0.05) is 16.6 Å². The van der Waals surface area contributed by atoms with Crippen molar-refractivity contribution in [1.29, 1.82) is 0 Å². The molecule has 0 atom stereocenters. The Balaban J connectivity index is 2.22. The van der Waals surface area contributed by atoms with Crippen molar-refractivity contribution in [2.75, 3.05) is 0 Å². The number of benzene rings is 1. The highest BCUT2D eigenvalue weighted by molar-refractivity contribution is 9.10. The molecule has 0 unspecified atom stereocenters. The molecule has 1 aromatic carbocycles. The van der Waals surface area contributed by atoms with E-state index in [9.17, 15) is 0 Å². The second kappa shape index (κ2) is 6.64. The summed E-state index contributed by atoms with van der Waals surface area (Å²) in [6.45, 7) is 7.43. The molecule has 0 radical (unpaired) electrons. The number of halogens is 2. The van der Waals surface area contributed by atoms with E-state index in [0.717, 1.165) is 39.3 Å². The van der Waals surface area contributed by atoms with Crippen molar-refractivity contribution < 1.29 is 4.74 Å². The fraction of sp³-hybridized carbons (Fsp3) is 0.400. The minimum absolute atomic E-state index is 0.432. The van der Waals surface area contributed by atoms with Gasteiger partial charge in [-0.15, -0.1) is 11.6 Å². The van der Waals surface area contributed by atoms with Crippen molar-refractivity contribution in [3.63, 3.8) is 0 Å².